The minimum Gasteiger partial charge on any atom is -0.341 e. The van der Waals surface area contributed by atoms with Crippen LogP contribution in [0.1, 0.15) is 42.3 Å². The van der Waals surface area contributed by atoms with Gasteiger partial charge in [0.25, 0.3) is 5.91 Å². The highest BCUT2D eigenvalue weighted by molar-refractivity contribution is 5.94. The summed E-state index contributed by atoms with van der Waals surface area (Å²) in [6.07, 6.45) is 5.99. The van der Waals surface area contributed by atoms with E-state index in [2.05, 4.69) is 48.2 Å². The standard InChI is InChI=1S/C24H28N4O/c1-24(2,3)20-5-7-21(8-6-20)27-22-17-19(11-15-26-22)23(29)28(4)16-12-18-9-13-25-14-10-18/h5-11,13-15,17H,12,16H2,1-4H3,(H,26,27). The van der Waals surface area contributed by atoms with Crippen molar-refractivity contribution in [1.29, 1.82) is 0 Å². The molecule has 0 bridgehead atoms. The van der Waals surface area contributed by atoms with Gasteiger partial charge in [-0.15, -0.1) is 0 Å². The molecule has 3 rings (SSSR count). The molecule has 0 atom stereocenters. The Labute approximate surface area is 172 Å². The topological polar surface area (TPSA) is 58.1 Å². The smallest absolute Gasteiger partial charge is 0.253 e. The lowest BCUT2D eigenvalue weighted by Crippen LogP contribution is -2.28. The van der Waals surface area contributed by atoms with Crippen LogP contribution in [0.5, 0.6) is 0 Å². The number of aromatic nitrogens is 2. The predicted octanol–water partition coefficient (Wildman–Crippen LogP) is 4.83. The Morgan fingerprint density at radius 1 is 1.00 bits per heavy atom. The Morgan fingerprint density at radius 3 is 2.34 bits per heavy atom. The van der Waals surface area contributed by atoms with Gasteiger partial charge in [0, 0.05) is 43.4 Å². The molecule has 5 heteroatoms. The molecule has 3 aromatic rings. The zero-order valence-corrected chi connectivity index (χ0v) is 17.5. The van der Waals surface area contributed by atoms with Crippen LogP contribution in [0.15, 0.2) is 67.1 Å². The van der Waals surface area contributed by atoms with Crippen molar-refractivity contribution in [2.75, 3.05) is 18.9 Å². The molecule has 5 nitrogen and oxygen atoms in total. The van der Waals surface area contributed by atoms with E-state index in [4.69, 9.17) is 0 Å². The number of nitrogens with zero attached hydrogens (tertiary/aromatic N) is 3. The zero-order chi connectivity index (χ0) is 20.9. The lowest BCUT2D eigenvalue weighted by atomic mass is 9.87. The fourth-order valence-corrected chi connectivity index (χ4v) is 3.00. The first-order chi connectivity index (χ1) is 13.8. The van der Waals surface area contributed by atoms with Gasteiger partial charge in [0.2, 0.25) is 0 Å². The van der Waals surface area contributed by atoms with Crippen molar-refractivity contribution in [2.45, 2.75) is 32.6 Å². The molecule has 2 aromatic heterocycles. The number of carbonyl (C=O) groups is 1. The number of amides is 1. The van der Waals surface area contributed by atoms with E-state index in [9.17, 15) is 4.79 Å². The van der Waals surface area contributed by atoms with Gasteiger partial charge >= 0.3 is 0 Å². The van der Waals surface area contributed by atoms with Crippen LogP contribution >= 0.6 is 0 Å². The molecule has 0 aliphatic carbocycles. The SMILES string of the molecule is CN(CCc1ccncc1)C(=O)c1ccnc(Nc2ccc(C(C)(C)C)cc2)c1. The highest BCUT2D eigenvalue weighted by Gasteiger charge is 2.14. The van der Waals surface area contributed by atoms with Crippen LogP contribution in [0.4, 0.5) is 11.5 Å². The summed E-state index contributed by atoms with van der Waals surface area (Å²) in [7, 11) is 1.82. The van der Waals surface area contributed by atoms with E-state index in [-0.39, 0.29) is 11.3 Å². The molecule has 0 aliphatic heterocycles. The van der Waals surface area contributed by atoms with Crippen molar-refractivity contribution in [2.24, 2.45) is 0 Å². The number of anilines is 2. The molecule has 150 valence electrons. The van der Waals surface area contributed by atoms with Crippen LogP contribution in [0.25, 0.3) is 0 Å². The van der Waals surface area contributed by atoms with Crippen LogP contribution in [0.2, 0.25) is 0 Å². The van der Waals surface area contributed by atoms with Crippen LogP contribution in [0, 0.1) is 0 Å². The number of rotatable bonds is 6. The number of pyridine rings is 2. The van der Waals surface area contributed by atoms with E-state index in [1.165, 1.54) is 5.56 Å². The molecule has 0 saturated heterocycles. The van der Waals surface area contributed by atoms with Crippen LogP contribution in [0.3, 0.4) is 0 Å². The second-order valence-corrected chi connectivity index (χ2v) is 8.21. The van der Waals surface area contributed by atoms with Crippen molar-refractivity contribution in [3.63, 3.8) is 0 Å². The van der Waals surface area contributed by atoms with Gasteiger partial charge in [-0.1, -0.05) is 32.9 Å². The molecule has 1 amide bonds. The Kier molecular flexibility index (Phi) is 6.27. The average molecular weight is 389 g/mol. The fourth-order valence-electron chi connectivity index (χ4n) is 3.00. The number of nitrogens with one attached hydrogen (secondary N) is 1. The molecule has 2 heterocycles. The first-order valence-electron chi connectivity index (χ1n) is 9.81. The average Bonchev–Trinajstić information content (AvgIpc) is 2.72. The summed E-state index contributed by atoms with van der Waals surface area (Å²) in [5.74, 6) is 0.634. The maximum Gasteiger partial charge on any atom is 0.253 e. The first kappa shape index (κ1) is 20.5. The second-order valence-electron chi connectivity index (χ2n) is 8.21. The maximum atomic E-state index is 12.8. The summed E-state index contributed by atoms with van der Waals surface area (Å²) < 4.78 is 0. The monoisotopic (exact) mass is 388 g/mol. The third-order valence-corrected chi connectivity index (χ3v) is 4.86. The molecule has 0 fully saturated rings. The predicted molar refractivity (Wildman–Crippen MR) is 118 cm³/mol. The highest BCUT2D eigenvalue weighted by atomic mass is 16.2. The summed E-state index contributed by atoms with van der Waals surface area (Å²) in [6, 6.07) is 15.8. The van der Waals surface area contributed by atoms with Gasteiger partial charge in [-0.05, 0) is 59.4 Å². The number of likely N-dealkylation sites (N-methyl/N-ethyl adjacent to an activating group) is 1. The van der Waals surface area contributed by atoms with Gasteiger partial charge in [0.1, 0.15) is 5.82 Å². The molecule has 1 aromatic carbocycles. The minimum atomic E-state index is -0.0208. The lowest BCUT2D eigenvalue weighted by molar-refractivity contribution is 0.0796. The maximum absolute atomic E-state index is 12.8. The third-order valence-electron chi connectivity index (χ3n) is 4.86. The Bertz CT molecular complexity index is 947. The van der Waals surface area contributed by atoms with Crippen molar-refractivity contribution >= 4 is 17.4 Å². The molecule has 29 heavy (non-hydrogen) atoms. The molecule has 0 radical (unpaired) electrons. The van der Waals surface area contributed by atoms with Crippen LogP contribution in [-0.2, 0) is 11.8 Å². The second kappa shape index (κ2) is 8.86. The zero-order valence-electron chi connectivity index (χ0n) is 17.5. The van der Waals surface area contributed by atoms with Crippen LogP contribution < -0.4 is 5.32 Å². The lowest BCUT2D eigenvalue weighted by Gasteiger charge is -2.19. The van der Waals surface area contributed by atoms with E-state index in [1.807, 2.05) is 31.3 Å². The highest BCUT2D eigenvalue weighted by Crippen LogP contribution is 2.24. The van der Waals surface area contributed by atoms with Crippen molar-refractivity contribution in [1.82, 2.24) is 14.9 Å². The van der Waals surface area contributed by atoms with Gasteiger partial charge in [0.15, 0.2) is 0 Å². The number of hydrogen-bond acceptors (Lipinski definition) is 4. The van der Waals surface area contributed by atoms with E-state index < -0.39 is 0 Å². The van der Waals surface area contributed by atoms with Gasteiger partial charge in [-0.25, -0.2) is 4.98 Å². The first-order valence-corrected chi connectivity index (χ1v) is 9.81. The molecule has 1 N–H and O–H groups in total. The van der Waals surface area contributed by atoms with E-state index in [1.54, 1.807) is 35.6 Å². The van der Waals surface area contributed by atoms with E-state index in [0.717, 1.165) is 17.7 Å². The fraction of sp³-hybridized carbons (Fsp3) is 0.292. The quantitative estimate of drug-likeness (QED) is 0.657. The summed E-state index contributed by atoms with van der Waals surface area (Å²) >= 11 is 0. The van der Waals surface area contributed by atoms with Crippen LogP contribution in [-0.4, -0.2) is 34.4 Å². The summed E-state index contributed by atoms with van der Waals surface area (Å²) in [6.45, 7) is 7.22. The van der Waals surface area contributed by atoms with Crippen molar-refractivity contribution < 1.29 is 4.79 Å². The van der Waals surface area contributed by atoms with Gasteiger partial charge in [-0.2, -0.15) is 0 Å². The normalized spacial score (nSPS) is 11.2. The Hall–Kier alpha value is -3.21. The summed E-state index contributed by atoms with van der Waals surface area (Å²) in [5.41, 5.74) is 4.11. The number of benzene rings is 1. The molecule has 0 aliphatic rings. The number of carbonyl (C=O) groups excluding carboxylic acids is 1. The Balaban J connectivity index is 1.64. The molecule has 0 saturated carbocycles. The van der Waals surface area contributed by atoms with Gasteiger partial charge in [-0.3, -0.25) is 9.78 Å². The van der Waals surface area contributed by atoms with Crippen molar-refractivity contribution in [3.8, 4) is 0 Å². The Morgan fingerprint density at radius 2 is 1.69 bits per heavy atom. The molecular formula is C24H28N4O. The van der Waals surface area contributed by atoms with Gasteiger partial charge < -0.3 is 10.2 Å². The number of hydrogen-bond donors (Lipinski definition) is 1. The van der Waals surface area contributed by atoms with E-state index in [0.29, 0.717) is 17.9 Å². The molecule has 0 unspecified atom stereocenters. The van der Waals surface area contributed by atoms with E-state index >= 15 is 0 Å². The van der Waals surface area contributed by atoms with Crippen molar-refractivity contribution in [3.05, 3.63) is 83.8 Å². The summed E-state index contributed by atoms with van der Waals surface area (Å²) in [5, 5.41) is 3.29. The third kappa shape index (κ3) is 5.64. The largest absolute Gasteiger partial charge is 0.341 e. The molecule has 0 spiro atoms. The molecular weight excluding hydrogens is 360 g/mol. The minimum absolute atomic E-state index is 0.0208. The summed E-state index contributed by atoms with van der Waals surface area (Å²) in [4.78, 5) is 22.9. The van der Waals surface area contributed by atoms with Gasteiger partial charge in [0.05, 0.1) is 0 Å².